The molecule has 2 rings (SSSR count). The molecule has 0 bridgehead atoms. The van der Waals surface area contributed by atoms with E-state index in [2.05, 4.69) is 35.4 Å². The van der Waals surface area contributed by atoms with E-state index in [-0.39, 0.29) is 17.6 Å². The molecule has 25 heavy (non-hydrogen) atoms. The molecule has 0 aliphatic rings. The summed E-state index contributed by atoms with van der Waals surface area (Å²) in [5.74, 6) is 0.178. The molecule has 2 aromatic rings. The molecule has 2 N–H and O–H groups in total. The van der Waals surface area contributed by atoms with Crippen LogP contribution in [0.1, 0.15) is 25.7 Å². The van der Waals surface area contributed by atoms with Gasteiger partial charge in [0.15, 0.2) is 0 Å². The number of anilines is 1. The monoisotopic (exact) mass is 356 g/mol. The summed E-state index contributed by atoms with van der Waals surface area (Å²) < 4.78 is 0. The second kappa shape index (κ2) is 10.6. The molecule has 0 aromatic heterocycles. The highest BCUT2D eigenvalue weighted by Gasteiger charge is 2.03. The van der Waals surface area contributed by atoms with E-state index in [1.807, 2.05) is 42.5 Å². The maximum Gasteiger partial charge on any atom is 0.229 e. The Kier molecular flexibility index (Phi) is 8.05. The van der Waals surface area contributed by atoms with E-state index in [1.165, 1.54) is 0 Å². The maximum absolute atomic E-state index is 12.0. The topological polar surface area (TPSA) is 58.2 Å². The SMILES string of the molecule is O=C(CS)NCCCCCC(=O)Nc1ccc(-c2ccccc2)cc1. The van der Waals surface area contributed by atoms with Crippen LogP contribution in [0.3, 0.4) is 0 Å². The highest BCUT2D eigenvalue weighted by Crippen LogP contribution is 2.21. The number of unbranched alkanes of at least 4 members (excludes halogenated alkanes) is 2. The van der Waals surface area contributed by atoms with Gasteiger partial charge in [-0.15, -0.1) is 0 Å². The molecule has 0 atom stereocenters. The largest absolute Gasteiger partial charge is 0.355 e. The molecule has 2 aromatic carbocycles. The van der Waals surface area contributed by atoms with Crippen molar-refractivity contribution in [3.8, 4) is 11.1 Å². The van der Waals surface area contributed by atoms with Gasteiger partial charge in [0.2, 0.25) is 11.8 Å². The third kappa shape index (κ3) is 7.01. The van der Waals surface area contributed by atoms with Crippen LogP contribution in [0.25, 0.3) is 11.1 Å². The first-order chi connectivity index (χ1) is 12.2. The molecule has 5 heteroatoms. The smallest absolute Gasteiger partial charge is 0.229 e. The summed E-state index contributed by atoms with van der Waals surface area (Å²) in [7, 11) is 0. The Morgan fingerprint density at radius 2 is 1.48 bits per heavy atom. The van der Waals surface area contributed by atoms with Crippen LogP contribution in [0.5, 0.6) is 0 Å². The molecule has 132 valence electrons. The zero-order chi connectivity index (χ0) is 17.9. The van der Waals surface area contributed by atoms with E-state index in [1.54, 1.807) is 0 Å². The maximum atomic E-state index is 12.0. The minimum Gasteiger partial charge on any atom is -0.355 e. The molecular weight excluding hydrogens is 332 g/mol. The first kappa shape index (κ1) is 19.1. The van der Waals surface area contributed by atoms with Crippen LogP contribution in [0.2, 0.25) is 0 Å². The van der Waals surface area contributed by atoms with E-state index >= 15 is 0 Å². The Bertz CT molecular complexity index is 672. The normalized spacial score (nSPS) is 10.3. The fourth-order valence-corrected chi connectivity index (χ4v) is 2.58. The van der Waals surface area contributed by atoms with Crippen LogP contribution in [0, 0.1) is 0 Å². The van der Waals surface area contributed by atoms with Gasteiger partial charge >= 0.3 is 0 Å². The fraction of sp³-hybridized carbons (Fsp3) is 0.300. The summed E-state index contributed by atoms with van der Waals surface area (Å²) in [6.07, 6.45) is 3.08. The van der Waals surface area contributed by atoms with Crippen molar-refractivity contribution in [2.45, 2.75) is 25.7 Å². The van der Waals surface area contributed by atoms with Crippen molar-refractivity contribution in [1.82, 2.24) is 5.32 Å². The van der Waals surface area contributed by atoms with Gasteiger partial charge in [-0.05, 0) is 36.1 Å². The quantitative estimate of drug-likeness (QED) is 0.471. The summed E-state index contributed by atoms with van der Waals surface area (Å²) in [5.41, 5.74) is 3.10. The number of hydrogen-bond acceptors (Lipinski definition) is 3. The number of carbonyl (C=O) groups excluding carboxylic acids is 2. The Morgan fingerprint density at radius 3 is 2.16 bits per heavy atom. The Morgan fingerprint density at radius 1 is 0.800 bits per heavy atom. The molecule has 2 amide bonds. The molecule has 0 aliphatic heterocycles. The van der Waals surface area contributed by atoms with Crippen molar-refractivity contribution in [1.29, 1.82) is 0 Å². The van der Waals surface area contributed by atoms with Gasteiger partial charge in [-0.2, -0.15) is 12.6 Å². The first-order valence-corrected chi connectivity index (χ1v) is 9.15. The molecular formula is C20H24N2O2S. The van der Waals surface area contributed by atoms with Gasteiger partial charge in [-0.1, -0.05) is 48.9 Å². The minimum absolute atomic E-state index is 0.0202. The summed E-state index contributed by atoms with van der Waals surface area (Å²) in [4.78, 5) is 23.0. The van der Waals surface area contributed by atoms with Gasteiger partial charge in [0.1, 0.15) is 0 Å². The molecule has 4 nitrogen and oxygen atoms in total. The van der Waals surface area contributed by atoms with E-state index in [0.29, 0.717) is 13.0 Å². The van der Waals surface area contributed by atoms with Crippen molar-refractivity contribution in [3.05, 3.63) is 54.6 Å². The second-order valence-electron chi connectivity index (χ2n) is 5.81. The number of hydrogen-bond donors (Lipinski definition) is 3. The van der Waals surface area contributed by atoms with Crippen LogP contribution in [0.15, 0.2) is 54.6 Å². The average molecular weight is 356 g/mol. The van der Waals surface area contributed by atoms with Crippen molar-refractivity contribution in [3.63, 3.8) is 0 Å². The third-order valence-electron chi connectivity index (χ3n) is 3.82. The zero-order valence-electron chi connectivity index (χ0n) is 14.2. The lowest BCUT2D eigenvalue weighted by molar-refractivity contribution is -0.118. The molecule has 0 radical (unpaired) electrons. The number of rotatable bonds is 9. The van der Waals surface area contributed by atoms with Gasteiger partial charge in [-0.25, -0.2) is 0 Å². The Labute approximate surface area is 154 Å². The summed E-state index contributed by atoms with van der Waals surface area (Å²) in [6, 6.07) is 18.0. The first-order valence-electron chi connectivity index (χ1n) is 8.52. The van der Waals surface area contributed by atoms with Crippen molar-refractivity contribution >= 4 is 30.1 Å². The van der Waals surface area contributed by atoms with Crippen molar-refractivity contribution < 1.29 is 9.59 Å². The van der Waals surface area contributed by atoms with Crippen LogP contribution in [-0.2, 0) is 9.59 Å². The lowest BCUT2D eigenvalue weighted by atomic mass is 10.1. The number of thiol groups is 1. The number of amides is 2. The highest BCUT2D eigenvalue weighted by molar-refractivity contribution is 7.81. The molecule has 0 aliphatic carbocycles. The Hall–Kier alpha value is -2.27. The summed E-state index contributed by atoms with van der Waals surface area (Å²) in [5, 5.41) is 5.68. The lowest BCUT2D eigenvalue weighted by Gasteiger charge is -2.07. The Balaban J connectivity index is 1.68. The van der Waals surface area contributed by atoms with Crippen LogP contribution >= 0.6 is 12.6 Å². The van der Waals surface area contributed by atoms with Crippen molar-refractivity contribution in [2.75, 3.05) is 17.6 Å². The summed E-state index contributed by atoms with van der Waals surface area (Å²) in [6.45, 7) is 0.641. The zero-order valence-corrected chi connectivity index (χ0v) is 15.1. The number of benzene rings is 2. The van der Waals surface area contributed by atoms with Crippen LogP contribution < -0.4 is 10.6 Å². The van der Waals surface area contributed by atoms with Gasteiger partial charge in [0.25, 0.3) is 0 Å². The number of nitrogens with one attached hydrogen (secondary N) is 2. The van der Waals surface area contributed by atoms with Crippen molar-refractivity contribution in [2.24, 2.45) is 0 Å². The predicted molar refractivity (Wildman–Crippen MR) is 106 cm³/mol. The molecule has 0 fully saturated rings. The van der Waals surface area contributed by atoms with Gasteiger partial charge < -0.3 is 10.6 Å². The van der Waals surface area contributed by atoms with E-state index < -0.39 is 0 Å². The third-order valence-corrected chi connectivity index (χ3v) is 4.11. The molecule has 0 unspecified atom stereocenters. The number of carbonyl (C=O) groups is 2. The predicted octanol–water partition coefficient (Wildman–Crippen LogP) is 3.90. The van der Waals surface area contributed by atoms with Gasteiger partial charge in [0, 0.05) is 18.7 Å². The van der Waals surface area contributed by atoms with Gasteiger partial charge in [0.05, 0.1) is 5.75 Å². The average Bonchev–Trinajstić information content (AvgIpc) is 2.65. The molecule has 0 heterocycles. The fourth-order valence-electron chi connectivity index (χ4n) is 2.47. The van der Waals surface area contributed by atoms with Gasteiger partial charge in [-0.3, -0.25) is 9.59 Å². The van der Waals surface area contributed by atoms with Crippen LogP contribution in [0.4, 0.5) is 5.69 Å². The highest BCUT2D eigenvalue weighted by atomic mass is 32.1. The minimum atomic E-state index is -0.0555. The van der Waals surface area contributed by atoms with E-state index in [0.717, 1.165) is 36.1 Å². The lowest BCUT2D eigenvalue weighted by Crippen LogP contribution is -2.25. The van der Waals surface area contributed by atoms with E-state index in [9.17, 15) is 9.59 Å². The summed E-state index contributed by atoms with van der Waals surface area (Å²) >= 11 is 3.90. The molecule has 0 saturated heterocycles. The molecule has 0 spiro atoms. The standard InChI is InChI=1S/C20H24N2O2S/c23-19(9-5-2-6-14-21-20(24)15-25)22-18-12-10-17(11-13-18)16-7-3-1-4-8-16/h1,3-4,7-8,10-13,25H,2,5-6,9,14-15H2,(H,21,24)(H,22,23). The van der Waals surface area contributed by atoms with Crippen LogP contribution in [-0.4, -0.2) is 24.1 Å². The second-order valence-corrected chi connectivity index (χ2v) is 6.13. The van der Waals surface area contributed by atoms with E-state index in [4.69, 9.17) is 0 Å². The molecule has 0 saturated carbocycles.